The maximum absolute atomic E-state index is 11.8. The summed E-state index contributed by atoms with van der Waals surface area (Å²) in [5.74, 6) is 5.04. The van der Waals surface area contributed by atoms with E-state index in [4.69, 9.17) is 5.11 Å². The highest BCUT2D eigenvalue weighted by Gasteiger charge is 2.25. The fourth-order valence-electron chi connectivity index (χ4n) is 1.30. The highest BCUT2D eigenvalue weighted by molar-refractivity contribution is 5.95. The van der Waals surface area contributed by atoms with Gasteiger partial charge in [-0.25, -0.2) is 4.98 Å². The predicted octanol–water partition coefficient (Wildman–Crippen LogP) is 0.318. The monoisotopic (exact) mass is 216 g/mol. The van der Waals surface area contributed by atoms with Crippen LogP contribution in [0.3, 0.4) is 0 Å². The Labute approximate surface area is 93.7 Å². The number of nitrogens with one attached hydrogen (secondary N) is 1. The number of carbonyl (C=O) groups excluding carboxylic acids is 1. The molecule has 1 saturated carbocycles. The van der Waals surface area contributed by atoms with E-state index >= 15 is 0 Å². The van der Waals surface area contributed by atoms with Gasteiger partial charge in [0.2, 0.25) is 0 Å². The van der Waals surface area contributed by atoms with E-state index in [0.29, 0.717) is 17.3 Å². The molecule has 1 aromatic rings. The van der Waals surface area contributed by atoms with Crippen molar-refractivity contribution in [2.75, 3.05) is 6.61 Å². The van der Waals surface area contributed by atoms with Gasteiger partial charge in [0.05, 0.1) is 5.56 Å². The summed E-state index contributed by atoms with van der Waals surface area (Å²) >= 11 is 0. The molecule has 0 unspecified atom stereocenters. The van der Waals surface area contributed by atoms with Gasteiger partial charge in [0, 0.05) is 12.2 Å². The van der Waals surface area contributed by atoms with Crippen LogP contribution in [0.25, 0.3) is 0 Å². The fourth-order valence-corrected chi connectivity index (χ4v) is 1.30. The Bertz CT molecular complexity index is 456. The largest absolute Gasteiger partial charge is 0.384 e. The van der Waals surface area contributed by atoms with Crippen LogP contribution in [0.4, 0.5) is 0 Å². The van der Waals surface area contributed by atoms with E-state index in [0.717, 1.165) is 12.8 Å². The molecule has 0 radical (unpaired) electrons. The van der Waals surface area contributed by atoms with Gasteiger partial charge in [-0.1, -0.05) is 11.8 Å². The first-order valence-corrected chi connectivity index (χ1v) is 5.17. The zero-order valence-corrected chi connectivity index (χ0v) is 8.73. The third-order valence-electron chi connectivity index (χ3n) is 2.24. The number of carbonyl (C=O) groups is 1. The van der Waals surface area contributed by atoms with E-state index < -0.39 is 0 Å². The number of amides is 1. The van der Waals surface area contributed by atoms with Crippen LogP contribution in [0.15, 0.2) is 18.3 Å². The van der Waals surface area contributed by atoms with Gasteiger partial charge in [-0.15, -0.1) is 0 Å². The zero-order valence-electron chi connectivity index (χ0n) is 8.73. The highest BCUT2D eigenvalue weighted by Crippen LogP contribution is 2.19. The fraction of sp³-hybridized carbons (Fsp3) is 0.333. The minimum atomic E-state index is -0.224. The summed E-state index contributed by atoms with van der Waals surface area (Å²) in [6.07, 6.45) is 3.64. The van der Waals surface area contributed by atoms with Crippen LogP contribution in [-0.2, 0) is 0 Å². The Morgan fingerprint density at radius 3 is 3.12 bits per heavy atom. The lowest BCUT2D eigenvalue weighted by atomic mass is 10.2. The van der Waals surface area contributed by atoms with Crippen molar-refractivity contribution in [3.63, 3.8) is 0 Å². The van der Waals surface area contributed by atoms with Crippen LogP contribution in [0.1, 0.15) is 28.9 Å². The van der Waals surface area contributed by atoms with Gasteiger partial charge in [0.15, 0.2) is 0 Å². The Morgan fingerprint density at radius 2 is 2.44 bits per heavy atom. The van der Waals surface area contributed by atoms with Crippen LogP contribution in [-0.4, -0.2) is 28.6 Å². The molecule has 82 valence electrons. The van der Waals surface area contributed by atoms with Crippen LogP contribution in [0, 0.1) is 11.8 Å². The van der Waals surface area contributed by atoms with Crippen LogP contribution in [0.5, 0.6) is 0 Å². The van der Waals surface area contributed by atoms with Crippen molar-refractivity contribution < 1.29 is 9.90 Å². The molecule has 0 aromatic carbocycles. The molecule has 4 heteroatoms. The lowest BCUT2D eigenvalue weighted by Crippen LogP contribution is -2.27. The van der Waals surface area contributed by atoms with Crippen molar-refractivity contribution in [1.82, 2.24) is 10.3 Å². The molecule has 16 heavy (non-hydrogen) atoms. The Kier molecular flexibility index (Phi) is 3.18. The lowest BCUT2D eigenvalue weighted by molar-refractivity contribution is 0.0946. The van der Waals surface area contributed by atoms with E-state index in [2.05, 4.69) is 22.1 Å². The summed E-state index contributed by atoms with van der Waals surface area (Å²) in [6, 6.07) is 3.74. The highest BCUT2D eigenvalue weighted by atomic mass is 16.2. The summed E-state index contributed by atoms with van der Waals surface area (Å²) in [5.41, 5.74) is 0.880. The molecule has 1 fully saturated rings. The molecule has 1 amide bonds. The molecular formula is C12H12N2O2. The predicted molar refractivity (Wildman–Crippen MR) is 58.7 cm³/mol. The molecule has 1 aliphatic rings. The van der Waals surface area contributed by atoms with Gasteiger partial charge in [0.1, 0.15) is 12.3 Å². The first-order chi connectivity index (χ1) is 7.81. The molecular weight excluding hydrogens is 204 g/mol. The van der Waals surface area contributed by atoms with E-state index in [-0.39, 0.29) is 12.5 Å². The van der Waals surface area contributed by atoms with Crippen LogP contribution < -0.4 is 5.32 Å². The van der Waals surface area contributed by atoms with Crippen molar-refractivity contribution in [2.24, 2.45) is 0 Å². The first kappa shape index (κ1) is 10.7. The maximum atomic E-state index is 11.8. The molecule has 2 rings (SSSR count). The molecule has 2 N–H and O–H groups in total. The second-order valence-electron chi connectivity index (χ2n) is 3.61. The minimum Gasteiger partial charge on any atom is -0.384 e. The van der Waals surface area contributed by atoms with E-state index in [9.17, 15) is 4.79 Å². The van der Waals surface area contributed by atoms with E-state index in [1.807, 2.05) is 0 Å². The summed E-state index contributed by atoms with van der Waals surface area (Å²) in [4.78, 5) is 15.8. The molecule has 0 aliphatic heterocycles. The van der Waals surface area contributed by atoms with Crippen molar-refractivity contribution in [3.05, 3.63) is 29.6 Å². The summed E-state index contributed by atoms with van der Waals surface area (Å²) in [7, 11) is 0. The molecule has 0 bridgehead atoms. The number of aliphatic hydroxyl groups is 1. The topological polar surface area (TPSA) is 62.2 Å². The molecule has 0 atom stereocenters. The number of aliphatic hydroxyl groups excluding tert-OH is 1. The van der Waals surface area contributed by atoms with Gasteiger partial charge in [-0.3, -0.25) is 4.79 Å². The van der Waals surface area contributed by atoms with Gasteiger partial charge < -0.3 is 10.4 Å². The van der Waals surface area contributed by atoms with Crippen LogP contribution in [0.2, 0.25) is 0 Å². The summed E-state index contributed by atoms with van der Waals surface area (Å²) in [5, 5.41) is 11.5. The van der Waals surface area contributed by atoms with Crippen molar-refractivity contribution in [3.8, 4) is 11.8 Å². The van der Waals surface area contributed by atoms with Gasteiger partial charge >= 0.3 is 0 Å². The normalized spacial score (nSPS) is 13.8. The van der Waals surface area contributed by atoms with E-state index in [1.165, 1.54) is 0 Å². The Hall–Kier alpha value is -1.86. The van der Waals surface area contributed by atoms with Gasteiger partial charge in [-0.2, -0.15) is 0 Å². The molecule has 1 aromatic heterocycles. The number of aromatic nitrogens is 1. The van der Waals surface area contributed by atoms with Gasteiger partial charge in [0.25, 0.3) is 5.91 Å². The molecule has 1 heterocycles. The van der Waals surface area contributed by atoms with Crippen molar-refractivity contribution in [1.29, 1.82) is 0 Å². The number of pyridine rings is 1. The third-order valence-corrected chi connectivity index (χ3v) is 2.24. The summed E-state index contributed by atoms with van der Waals surface area (Å²) in [6.45, 7) is -0.224. The molecule has 1 aliphatic carbocycles. The number of nitrogens with zero attached hydrogens (tertiary/aromatic N) is 1. The van der Waals surface area contributed by atoms with E-state index in [1.54, 1.807) is 18.3 Å². The Morgan fingerprint density at radius 1 is 1.62 bits per heavy atom. The Balaban J connectivity index is 2.20. The van der Waals surface area contributed by atoms with Crippen LogP contribution >= 0.6 is 0 Å². The molecule has 0 saturated heterocycles. The summed E-state index contributed by atoms with van der Waals surface area (Å²) < 4.78 is 0. The van der Waals surface area contributed by atoms with Crippen molar-refractivity contribution in [2.45, 2.75) is 18.9 Å². The average molecular weight is 216 g/mol. The smallest absolute Gasteiger partial charge is 0.271 e. The minimum absolute atomic E-state index is 0.190. The number of hydrogen-bond donors (Lipinski definition) is 2. The second kappa shape index (κ2) is 4.77. The molecule has 4 nitrogen and oxygen atoms in total. The zero-order chi connectivity index (χ0) is 11.4. The first-order valence-electron chi connectivity index (χ1n) is 5.17. The van der Waals surface area contributed by atoms with Gasteiger partial charge in [-0.05, 0) is 25.0 Å². The molecule has 0 spiro atoms. The lowest BCUT2D eigenvalue weighted by Gasteiger charge is -2.03. The number of rotatable bonds is 2. The quantitative estimate of drug-likeness (QED) is 0.700. The SMILES string of the molecule is O=C(NC1CC1)c1ncccc1C#CCO. The maximum Gasteiger partial charge on any atom is 0.271 e. The average Bonchev–Trinajstić information content (AvgIpc) is 3.10. The second-order valence-corrected chi connectivity index (χ2v) is 3.61. The standard InChI is InChI=1S/C12H12N2O2/c15-8-2-4-9-3-1-7-13-11(9)12(16)14-10-5-6-10/h1,3,7,10,15H,5-6,8H2,(H,14,16). The van der Waals surface area contributed by atoms with Crippen molar-refractivity contribution >= 4 is 5.91 Å². The number of hydrogen-bond acceptors (Lipinski definition) is 3. The third kappa shape index (κ3) is 2.59.